The molecule has 0 amide bonds. The lowest BCUT2D eigenvalue weighted by atomic mass is 10.9. The molecule has 0 heterocycles. The van der Waals surface area contributed by atoms with Gasteiger partial charge in [-0.2, -0.15) is 11.8 Å². The first-order valence-electron chi connectivity index (χ1n) is 3.01. The molecule has 0 aromatic carbocycles. The predicted molar refractivity (Wildman–Crippen MR) is 41.4 cm³/mol. The van der Waals surface area contributed by atoms with Crippen LogP contribution in [0, 0.1) is 0 Å². The molecule has 1 N–H and O–H groups in total. The first-order chi connectivity index (χ1) is 3.83. The Hall–Kier alpha value is 0.310. The largest absolute Gasteiger partial charge is 0.397 e. The van der Waals surface area contributed by atoms with Gasteiger partial charge in [0.1, 0.15) is 0 Å². The van der Waals surface area contributed by atoms with E-state index in [1.54, 1.807) is 6.92 Å². The third-order valence-corrected chi connectivity index (χ3v) is 1.22. The highest BCUT2D eigenvalue weighted by Crippen LogP contribution is 1.93. The molecule has 1 nitrogen and oxygen atoms in total. The third kappa shape index (κ3) is 33.3. The lowest BCUT2D eigenvalue weighted by Gasteiger charge is -1.80. The van der Waals surface area contributed by atoms with Gasteiger partial charge in [0.15, 0.2) is 0 Å². The lowest BCUT2D eigenvalue weighted by molar-refractivity contribution is 0.318. The molecule has 0 atom stereocenters. The van der Waals surface area contributed by atoms with E-state index in [2.05, 4.69) is 13.8 Å². The average molecular weight is 136 g/mol. The SMILES string of the molecule is CCO.CCSCC. The summed E-state index contributed by atoms with van der Waals surface area (Å²) in [4.78, 5) is 0. The molecule has 0 fully saturated rings. The zero-order valence-corrected chi connectivity index (χ0v) is 6.79. The van der Waals surface area contributed by atoms with Crippen LogP contribution in [-0.4, -0.2) is 23.2 Å². The summed E-state index contributed by atoms with van der Waals surface area (Å²) in [5, 5.41) is 7.57. The van der Waals surface area contributed by atoms with Gasteiger partial charge in [-0.3, -0.25) is 0 Å². The van der Waals surface area contributed by atoms with Gasteiger partial charge in [0, 0.05) is 6.61 Å². The van der Waals surface area contributed by atoms with Gasteiger partial charge in [0.2, 0.25) is 0 Å². The van der Waals surface area contributed by atoms with E-state index in [1.165, 1.54) is 11.5 Å². The number of aliphatic hydroxyl groups is 1. The summed E-state index contributed by atoms with van der Waals surface area (Å²) in [6.45, 7) is 6.28. The second-order valence-electron chi connectivity index (χ2n) is 1.10. The molecule has 0 bridgehead atoms. The molecule has 0 aromatic rings. The Labute approximate surface area is 56.5 Å². The van der Waals surface area contributed by atoms with E-state index in [0.717, 1.165) is 0 Å². The fourth-order valence-corrected chi connectivity index (χ4v) is 0.612. The van der Waals surface area contributed by atoms with Crippen molar-refractivity contribution in [3.8, 4) is 0 Å². The zero-order chi connectivity index (χ0) is 6.83. The van der Waals surface area contributed by atoms with Crippen molar-refractivity contribution >= 4 is 11.8 Å². The van der Waals surface area contributed by atoms with Crippen LogP contribution in [0.4, 0.5) is 0 Å². The Morgan fingerprint density at radius 3 is 1.38 bits per heavy atom. The van der Waals surface area contributed by atoms with Crippen LogP contribution in [0.3, 0.4) is 0 Å². The fraction of sp³-hybridized carbons (Fsp3) is 1.00. The molecule has 0 aliphatic rings. The van der Waals surface area contributed by atoms with E-state index in [1.807, 2.05) is 11.8 Å². The van der Waals surface area contributed by atoms with Crippen molar-refractivity contribution in [3.63, 3.8) is 0 Å². The van der Waals surface area contributed by atoms with Crippen molar-refractivity contribution in [3.05, 3.63) is 0 Å². The normalized spacial score (nSPS) is 7.50. The monoisotopic (exact) mass is 136 g/mol. The van der Waals surface area contributed by atoms with Crippen molar-refractivity contribution in [2.75, 3.05) is 18.1 Å². The zero-order valence-electron chi connectivity index (χ0n) is 5.98. The maximum atomic E-state index is 7.57. The molecule has 0 aliphatic heterocycles. The van der Waals surface area contributed by atoms with Gasteiger partial charge in [-0.05, 0) is 18.4 Å². The second kappa shape index (κ2) is 15.7. The predicted octanol–water partition coefficient (Wildman–Crippen LogP) is 1.76. The minimum Gasteiger partial charge on any atom is -0.397 e. The van der Waals surface area contributed by atoms with Gasteiger partial charge in [0.25, 0.3) is 0 Å². The van der Waals surface area contributed by atoms with E-state index >= 15 is 0 Å². The van der Waals surface area contributed by atoms with Crippen LogP contribution in [0.5, 0.6) is 0 Å². The molecule has 0 aromatic heterocycles. The summed E-state index contributed by atoms with van der Waals surface area (Å²) >= 11 is 1.96. The van der Waals surface area contributed by atoms with Crippen LogP contribution in [0.1, 0.15) is 20.8 Å². The molecular formula is C6H16OS. The molecule has 0 saturated carbocycles. The van der Waals surface area contributed by atoms with Crippen molar-refractivity contribution in [1.29, 1.82) is 0 Å². The topological polar surface area (TPSA) is 20.2 Å². The number of thioether (sulfide) groups is 1. The summed E-state index contributed by atoms with van der Waals surface area (Å²) in [6, 6.07) is 0. The van der Waals surface area contributed by atoms with Crippen molar-refractivity contribution < 1.29 is 5.11 Å². The van der Waals surface area contributed by atoms with Gasteiger partial charge >= 0.3 is 0 Å². The number of aliphatic hydroxyl groups excluding tert-OH is 1. The maximum Gasteiger partial charge on any atom is 0.0402 e. The van der Waals surface area contributed by atoms with E-state index in [9.17, 15) is 0 Å². The Kier molecular flexibility index (Phi) is 21.8. The minimum absolute atomic E-state index is 0.250. The highest BCUT2D eigenvalue weighted by Gasteiger charge is 1.67. The number of hydrogen-bond acceptors (Lipinski definition) is 2. The van der Waals surface area contributed by atoms with Gasteiger partial charge < -0.3 is 5.11 Å². The van der Waals surface area contributed by atoms with E-state index in [-0.39, 0.29) is 6.61 Å². The van der Waals surface area contributed by atoms with E-state index in [4.69, 9.17) is 5.11 Å². The molecule has 52 valence electrons. The summed E-state index contributed by atoms with van der Waals surface area (Å²) in [5.74, 6) is 2.52. The summed E-state index contributed by atoms with van der Waals surface area (Å²) in [7, 11) is 0. The smallest absolute Gasteiger partial charge is 0.0402 e. The molecule has 0 rings (SSSR count). The molecule has 8 heavy (non-hydrogen) atoms. The quantitative estimate of drug-likeness (QED) is 0.624. The van der Waals surface area contributed by atoms with Crippen molar-refractivity contribution in [2.24, 2.45) is 0 Å². The summed E-state index contributed by atoms with van der Waals surface area (Å²) < 4.78 is 0. The Bertz CT molecular complexity index is 22.5. The van der Waals surface area contributed by atoms with Gasteiger partial charge in [-0.15, -0.1) is 0 Å². The molecule has 2 heteroatoms. The van der Waals surface area contributed by atoms with Gasteiger partial charge in [-0.25, -0.2) is 0 Å². The lowest BCUT2D eigenvalue weighted by Crippen LogP contribution is -1.64. The Morgan fingerprint density at radius 1 is 1.12 bits per heavy atom. The van der Waals surface area contributed by atoms with E-state index in [0.29, 0.717) is 0 Å². The number of rotatable bonds is 2. The van der Waals surface area contributed by atoms with Crippen LogP contribution in [0.25, 0.3) is 0 Å². The molecule has 0 unspecified atom stereocenters. The standard InChI is InChI=1S/C4H10S.C2H6O/c1-3-5-4-2;1-2-3/h3-4H2,1-2H3;3H,2H2,1H3. The highest BCUT2D eigenvalue weighted by atomic mass is 32.2. The van der Waals surface area contributed by atoms with Crippen LogP contribution in [0.2, 0.25) is 0 Å². The molecule has 0 radical (unpaired) electrons. The Balaban J connectivity index is 0. The highest BCUT2D eigenvalue weighted by molar-refractivity contribution is 7.99. The first kappa shape index (κ1) is 11.2. The average Bonchev–Trinajstić information content (AvgIpc) is 1.71. The summed E-state index contributed by atoms with van der Waals surface area (Å²) in [5.41, 5.74) is 0. The second-order valence-corrected chi connectivity index (χ2v) is 2.66. The van der Waals surface area contributed by atoms with E-state index < -0.39 is 0 Å². The van der Waals surface area contributed by atoms with Crippen LogP contribution >= 0.6 is 11.8 Å². The molecule has 0 aliphatic carbocycles. The minimum atomic E-state index is 0.250. The molecule has 0 saturated heterocycles. The fourth-order valence-electron chi connectivity index (χ4n) is 0.204. The van der Waals surface area contributed by atoms with Crippen LogP contribution in [0.15, 0.2) is 0 Å². The number of hydrogen-bond donors (Lipinski definition) is 1. The van der Waals surface area contributed by atoms with Crippen molar-refractivity contribution in [1.82, 2.24) is 0 Å². The van der Waals surface area contributed by atoms with Gasteiger partial charge in [-0.1, -0.05) is 13.8 Å². The van der Waals surface area contributed by atoms with Gasteiger partial charge in [0.05, 0.1) is 0 Å². The van der Waals surface area contributed by atoms with Crippen molar-refractivity contribution in [2.45, 2.75) is 20.8 Å². The van der Waals surface area contributed by atoms with Crippen LogP contribution in [-0.2, 0) is 0 Å². The Morgan fingerprint density at radius 2 is 1.38 bits per heavy atom. The first-order valence-corrected chi connectivity index (χ1v) is 4.17. The maximum absolute atomic E-state index is 7.57. The molecule has 0 spiro atoms. The summed E-state index contributed by atoms with van der Waals surface area (Å²) in [6.07, 6.45) is 0. The third-order valence-electron chi connectivity index (χ3n) is 0.408. The van der Waals surface area contributed by atoms with Crippen LogP contribution < -0.4 is 0 Å². The molecular weight excluding hydrogens is 120 g/mol.